The van der Waals surface area contributed by atoms with Crippen LogP contribution in [0.5, 0.6) is 0 Å². The second kappa shape index (κ2) is 5.27. The number of imide groups is 1. The number of piperazine rings is 1. The molecule has 0 radical (unpaired) electrons. The van der Waals surface area contributed by atoms with Gasteiger partial charge >= 0.3 is 0 Å². The van der Waals surface area contributed by atoms with E-state index in [9.17, 15) is 18.0 Å². The quantitative estimate of drug-likeness (QED) is 0.768. The van der Waals surface area contributed by atoms with Gasteiger partial charge in [0.15, 0.2) is 0 Å². The third kappa shape index (κ3) is 2.66. The fourth-order valence-corrected chi connectivity index (χ4v) is 3.86. The molecule has 1 saturated heterocycles. The second-order valence-electron chi connectivity index (χ2n) is 4.73. The van der Waals surface area contributed by atoms with Gasteiger partial charge in [0.2, 0.25) is 21.8 Å². The van der Waals surface area contributed by atoms with Crippen LogP contribution < -0.4 is 5.32 Å². The van der Waals surface area contributed by atoms with Gasteiger partial charge in [0.05, 0.1) is 23.1 Å². The fourth-order valence-electron chi connectivity index (χ4n) is 2.06. The number of nitrogens with one attached hydrogen (secondary N) is 1. The van der Waals surface area contributed by atoms with Crippen molar-refractivity contribution < 1.29 is 18.0 Å². The zero-order valence-electron chi connectivity index (χ0n) is 11.5. The molecule has 8 heteroatoms. The van der Waals surface area contributed by atoms with E-state index < -0.39 is 34.4 Å². The highest BCUT2D eigenvalue weighted by atomic mass is 32.2. The maximum atomic E-state index is 12.7. The lowest BCUT2D eigenvalue weighted by atomic mass is 10.2. The minimum absolute atomic E-state index is 0.0732. The monoisotopic (exact) mass is 307 g/mol. The van der Waals surface area contributed by atoms with Crippen molar-refractivity contribution in [2.75, 3.05) is 6.54 Å². The molecule has 1 aliphatic heterocycles. The van der Waals surface area contributed by atoms with Crippen molar-refractivity contribution in [1.29, 1.82) is 5.26 Å². The van der Waals surface area contributed by atoms with Gasteiger partial charge in [0, 0.05) is 0 Å². The molecule has 0 bridgehead atoms. The Labute approximate surface area is 122 Å². The van der Waals surface area contributed by atoms with Crippen molar-refractivity contribution in [3.05, 3.63) is 29.3 Å². The van der Waals surface area contributed by atoms with Gasteiger partial charge in [-0.05, 0) is 31.5 Å². The maximum absolute atomic E-state index is 12.7. The number of nitrogens with zero attached hydrogens (tertiary/aromatic N) is 2. The van der Waals surface area contributed by atoms with Crippen LogP contribution >= 0.6 is 0 Å². The summed E-state index contributed by atoms with van der Waals surface area (Å²) in [5, 5.41) is 11.0. The molecule has 0 aromatic heterocycles. The first-order valence-corrected chi connectivity index (χ1v) is 7.57. The second-order valence-corrected chi connectivity index (χ2v) is 6.59. The van der Waals surface area contributed by atoms with Crippen molar-refractivity contribution in [2.24, 2.45) is 0 Å². The summed E-state index contributed by atoms with van der Waals surface area (Å²) < 4.78 is 26.2. The number of carbonyl (C=O) groups excluding carboxylic acids is 2. The maximum Gasteiger partial charge on any atom is 0.244 e. The number of amides is 2. The van der Waals surface area contributed by atoms with E-state index in [0.29, 0.717) is 5.56 Å². The summed E-state index contributed by atoms with van der Waals surface area (Å²) >= 11 is 0. The van der Waals surface area contributed by atoms with Crippen LogP contribution in [0.25, 0.3) is 0 Å². The highest BCUT2D eigenvalue weighted by Gasteiger charge is 2.39. The first kappa shape index (κ1) is 15.2. The molecular weight excluding hydrogens is 294 g/mol. The Balaban J connectivity index is 2.54. The molecule has 1 heterocycles. The van der Waals surface area contributed by atoms with Gasteiger partial charge in [-0.3, -0.25) is 14.9 Å². The van der Waals surface area contributed by atoms with Crippen LogP contribution in [0.3, 0.4) is 0 Å². The van der Waals surface area contributed by atoms with E-state index in [4.69, 9.17) is 5.26 Å². The summed E-state index contributed by atoms with van der Waals surface area (Å²) in [6.45, 7) is 2.57. The normalized spacial score (nSPS) is 20.0. The van der Waals surface area contributed by atoms with Crippen LogP contribution in [-0.4, -0.2) is 37.1 Å². The first-order chi connectivity index (χ1) is 9.77. The molecule has 2 amide bonds. The van der Waals surface area contributed by atoms with E-state index in [-0.39, 0.29) is 10.5 Å². The van der Waals surface area contributed by atoms with E-state index in [1.165, 1.54) is 25.1 Å². The molecule has 1 aliphatic rings. The van der Waals surface area contributed by atoms with Crippen molar-refractivity contribution in [1.82, 2.24) is 9.62 Å². The van der Waals surface area contributed by atoms with Crippen LogP contribution in [0.2, 0.25) is 0 Å². The number of nitriles is 1. The fraction of sp³-hybridized carbons (Fsp3) is 0.308. The van der Waals surface area contributed by atoms with Gasteiger partial charge in [0.1, 0.15) is 6.04 Å². The number of hydrogen-bond donors (Lipinski definition) is 1. The summed E-state index contributed by atoms with van der Waals surface area (Å²) in [4.78, 5) is 23.0. The third-order valence-electron chi connectivity index (χ3n) is 3.28. The molecule has 1 fully saturated rings. The number of sulfonamides is 1. The number of hydrogen-bond acceptors (Lipinski definition) is 5. The Kier molecular flexibility index (Phi) is 3.80. The summed E-state index contributed by atoms with van der Waals surface area (Å²) in [7, 11) is -4.04. The predicted octanol–water partition coefficient (Wildman–Crippen LogP) is -0.0977. The van der Waals surface area contributed by atoms with Crippen LogP contribution in [0.15, 0.2) is 23.1 Å². The summed E-state index contributed by atoms with van der Waals surface area (Å²) in [5.74, 6) is -1.33. The van der Waals surface area contributed by atoms with Gasteiger partial charge in [0.25, 0.3) is 0 Å². The number of benzene rings is 1. The molecule has 0 spiro atoms. The van der Waals surface area contributed by atoms with Crippen molar-refractivity contribution in [3.63, 3.8) is 0 Å². The molecule has 1 atom stereocenters. The number of rotatable bonds is 2. The van der Waals surface area contributed by atoms with Gasteiger partial charge in [-0.1, -0.05) is 6.07 Å². The Morgan fingerprint density at radius 1 is 1.38 bits per heavy atom. The molecule has 1 N–H and O–H groups in total. The number of aryl methyl sites for hydroxylation is 1. The lowest BCUT2D eigenvalue weighted by Crippen LogP contribution is -2.58. The minimum Gasteiger partial charge on any atom is -0.294 e. The molecule has 110 valence electrons. The van der Waals surface area contributed by atoms with Crippen LogP contribution in [0.1, 0.15) is 18.1 Å². The Morgan fingerprint density at radius 3 is 2.67 bits per heavy atom. The van der Waals surface area contributed by atoms with E-state index in [0.717, 1.165) is 4.31 Å². The lowest BCUT2D eigenvalue weighted by molar-refractivity contribution is -0.136. The zero-order valence-corrected chi connectivity index (χ0v) is 12.3. The first-order valence-electron chi connectivity index (χ1n) is 6.13. The van der Waals surface area contributed by atoms with Crippen molar-refractivity contribution in [3.8, 4) is 6.07 Å². The summed E-state index contributed by atoms with van der Waals surface area (Å²) in [6.07, 6.45) is 0. The molecule has 2 rings (SSSR count). The third-order valence-corrected chi connectivity index (χ3v) is 5.34. The molecule has 1 aromatic rings. The van der Waals surface area contributed by atoms with Crippen LogP contribution in [0.4, 0.5) is 0 Å². The average Bonchev–Trinajstić information content (AvgIpc) is 2.43. The molecule has 7 nitrogen and oxygen atoms in total. The lowest BCUT2D eigenvalue weighted by Gasteiger charge is -2.31. The van der Waals surface area contributed by atoms with Crippen molar-refractivity contribution in [2.45, 2.75) is 24.8 Å². The van der Waals surface area contributed by atoms with E-state index in [2.05, 4.69) is 5.32 Å². The largest absolute Gasteiger partial charge is 0.294 e. The van der Waals surface area contributed by atoms with Crippen LogP contribution in [-0.2, 0) is 19.6 Å². The Bertz CT molecular complexity index is 764. The van der Waals surface area contributed by atoms with Gasteiger partial charge in [-0.2, -0.15) is 9.57 Å². The highest BCUT2D eigenvalue weighted by Crippen LogP contribution is 2.24. The SMILES string of the molecule is Cc1ccc(C#N)cc1S(=O)(=O)N1CC(=O)NC(=O)C1C. The predicted molar refractivity (Wildman–Crippen MR) is 72.4 cm³/mol. The molecule has 1 aromatic carbocycles. The zero-order chi connectivity index (χ0) is 15.8. The van der Waals surface area contributed by atoms with Gasteiger partial charge in [-0.25, -0.2) is 8.42 Å². The number of carbonyl (C=O) groups is 2. The molecule has 0 aliphatic carbocycles. The van der Waals surface area contributed by atoms with Gasteiger partial charge < -0.3 is 0 Å². The smallest absolute Gasteiger partial charge is 0.244 e. The summed E-state index contributed by atoms with van der Waals surface area (Å²) in [5.41, 5.74) is 0.638. The summed E-state index contributed by atoms with van der Waals surface area (Å²) in [6, 6.07) is 5.15. The Hall–Kier alpha value is -2.24. The minimum atomic E-state index is -4.04. The highest BCUT2D eigenvalue weighted by molar-refractivity contribution is 7.89. The van der Waals surface area contributed by atoms with E-state index in [1.54, 1.807) is 6.92 Å². The molecule has 21 heavy (non-hydrogen) atoms. The topological polar surface area (TPSA) is 107 Å². The molecular formula is C13H13N3O4S. The average molecular weight is 307 g/mol. The van der Waals surface area contributed by atoms with Crippen LogP contribution in [0, 0.1) is 18.3 Å². The van der Waals surface area contributed by atoms with Crippen molar-refractivity contribution >= 4 is 21.8 Å². The van der Waals surface area contributed by atoms with Gasteiger partial charge in [-0.15, -0.1) is 0 Å². The van der Waals surface area contributed by atoms with E-state index in [1.807, 2.05) is 6.07 Å². The molecule has 1 unspecified atom stereocenters. The van der Waals surface area contributed by atoms with E-state index >= 15 is 0 Å². The molecule has 0 saturated carbocycles. The Morgan fingerprint density at radius 2 is 2.05 bits per heavy atom. The standard InChI is InChI=1S/C13H13N3O4S/c1-8-3-4-10(6-14)5-11(8)21(19,20)16-7-12(17)15-13(18)9(16)2/h3-5,9H,7H2,1-2H3,(H,15,17,18).